The van der Waals surface area contributed by atoms with Gasteiger partial charge in [0.15, 0.2) is 11.4 Å². The predicted molar refractivity (Wildman–Crippen MR) is 120 cm³/mol. The Labute approximate surface area is 198 Å². The van der Waals surface area contributed by atoms with Crippen molar-refractivity contribution in [2.45, 2.75) is 63.8 Å². The zero-order valence-electron chi connectivity index (χ0n) is 19.7. The maximum atomic E-state index is 13.5. The van der Waals surface area contributed by atoms with Crippen LogP contribution in [0.25, 0.3) is 0 Å². The maximum absolute atomic E-state index is 13.5. The van der Waals surface area contributed by atoms with Gasteiger partial charge in [0.05, 0.1) is 12.4 Å². The van der Waals surface area contributed by atoms with Crippen molar-refractivity contribution in [2.75, 3.05) is 6.61 Å². The summed E-state index contributed by atoms with van der Waals surface area (Å²) in [4.78, 5) is 38.6. The average molecular weight is 467 g/mol. The quantitative estimate of drug-likeness (QED) is 0.535. The number of aliphatic hydroxyl groups excluding tert-OH is 1. The van der Waals surface area contributed by atoms with Crippen molar-refractivity contribution in [1.82, 2.24) is 0 Å². The lowest BCUT2D eigenvalue weighted by Crippen LogP contribution is -2.63. The van der Waals surface area contributed by atoms with Crippen molar-refractivity contribution in [3.05, 3.63) is 48.0 Å². The Morgan fingerprint density at radius 2 is 2.06 bits per heavy atom. The lowest BCUT2D eigenvalue weighted by atomic mass is 9.46. The van der Waals surface area contributed by atoms with E-state index in [4.69, 9.17) is 13.9 Å². The van der Waals surface area contributed by atoms with Crippen molar-refractivity contribution in [3.8, 4) is 0 Å². The fraction of sp³-hybridized carbons (Fsp3) is 0.593. The first kappa shape index (κ1) is 22.0. The molecule has 1 N–H and O–H groups in total. The van der Waals surface area contributed by atoms with Gasteiger partial charge in [-0.15, -0.1) is 0 Å². The van der Waals surface area contributed by atoms with E-state index >= 15 is 0 Å². The Balaban J connectivity index is 1.43. The van der Waals surface area contributed by atoms with Gasteiger partial charge in [0.2, 0.25) is 11.5 Å². The van der Waals surface area contributed by atoms with Crippen LogP contribution in [0.1, 0.15) is 57.0 Å². The van der Waals surface area contributed by atoms with E-state index in [0.29, 0.717) is 12.8 Å². The van der Waals surface area contributed by atoms with Gasteiger partial charge in [0.25, 0.3) is 0 Å². The van der Waals surface area contributed by atoms with Gasteiger partial charge in [0.1, 0.15) is 12.2 Å². The summed E-state index contributed by atoms with van der Waals surface area (Å²) in [7, 11) is 0. The summed E-state index contributed by atoms with van der Waals surface area (Å²) in [6.45, 7) is 5.44. The number of allylic oxidation sites excluding steroid dienone is 2. The number of ether oxygens (including phenoxy) is 2. The molecule has 1 spiro atoms. The Bertz CT molecular complexity index is 1150. The van der Waals surface area contributed by atoms with Crippen LogP contribution in [0.5, 0.6) is 0 Å². The van der Waals surface area contributed by atoms with E-state index in [1.54, 1.807) is 18.2 Å². The van der Waals surface area contributed by atoms with Crippen LogP contribution >= 0.6 is 0 Å². The first-order valence-corrected chi connectivity index (χ1v) is 12.2. The molecule has 4 aliphatic carbocycles. The minimum Gasteiger partial charge on any atom is -0.457 e. The van der Waals surface area contributed by atoms with Crippen molar-refractivity contribution in [2.24, 2.45) is 28.6 Å². The zero-order chi connectivity index (χ0) is 24.1. The van der Waals surface area contributed by atoms with Gasteiger partial charge in [-0.25, -0.2) is 4.79 Å². The Hall–Kier alpha value is -2.51. The summed E-state index contributed by atoms with van der Waals surface area (Å²) in [5.41, 5.74) is -1.83. The topological polar surface area (TPSA) is 106 Å². The summed E-state index contributed by atoms with van der Waals surface area (Å²) >= 11 is 0. The summed E-state index contributed by atoms with van der Waals surface area (Å²) in [5.74, 6) is -1.17. The number of ketones is 2. The highest BCUT2D eigenvalue weighted by Crippen LogP contribution is 2.77. The van der Waals surface area contributed by atoms with Gasteiger partial charge in [-0.1, -0.05) is 25.5 Å². The number of Topliss-reactive ketones (excluding diaryl/α,β-unsaturated/α-hetero) is 1. The molecule has 180 valence electrons. The van der Waals surface area contributed by atoms with E-state index in [0.717, 1.165) is 18.4 Å². The normalized spacial score (nSPS) is 46.0. The van der Waals surface area contributed by atoms with Crippen LogP contribution in [0, 0.1) is 28.6 Å². The molecule has 6 rings (SSSR count). The van der Waals surface area contributed by atoms with Crippen LogP contribution in [0.3, 0.4) is 0 Å². The lowest BCUT2D eigenvalue weighted by molar-refractivity contribution is -0.167. The molecule has 8 atom stereocenters. The van der Waals surface area contributed by atoms with E-state index in [1.165, 1.54) is 12.3 Å². The molecule has 1 aliphatic heterocycles. The fourth-order valence-electron chi connectivity index (χ4n) is 8.54. The summed E-state index contributed by atoms with van der Waals surface area (Å²) in [5, 5.41) is 10.0. The van der Waals surface area contributed by atoms with E-state index in [9.17, 15) is 19.5 Å². The zero-order valence-corrected chi connectivity index (χ0v) is 19.7. The standard InChI is InChI=1S/C27H30O7/c1-15-11-19-18-7-6-16-12-17(29)8-9-24(16,2)27(18)22(33-27)13-25(19,3)26(15,21(30)14-28)34-23(31)20-5-4-10-32-20/h4-5,8-10,12,15,18-19,22,28H,6-7,11,13-14H2,1-3H3/t15-,18+,19+,22+,24+,25+,26+,27-/m1/s1. The number of fused-ring (bicyclic) bond motifs is 3. The largest absolute Gasteiger partial charge is 0.457 e. The molecule has 34 heavy (non-hydrogen) atoms. The summed E-state index contributed by atoms with van der Waals surface area (Å²) in [6.07, 6.45) is 9.57. The second kappa shape index (κ2) is 6.79. The molecular formula is C27H30O7. The number of carbonyl (C=O) groups is 3. The molecule has 7 nitrogen and oxygen atoms in total. The number of epoxide rings is 1. The highest BCUT2D eigenvalue weighted by Gasteiger charge is 2.83. The van der Waals surface area contributed by atoms with E-state index in [2.05, 4.69) is 6.92 Å². The second-order valence-corrected chi connectivity index (χ2v) is 11.2. The third kappa shape index (κ3) is 2.37. The molecule has 0 aromatic carbocycles. The molecule has 0 amide bonds. The third-order valence-electron chi connectivity index (χ3n) is 10.0. The van der Waals surface area contributed by atoms with Crippen LogP contribution in [-0.4, -0.2) is 46.6 Å². The Morgan fingerprint density at radius 1 is 1.26 bits per heavy atom. The molecule has 1 aromatic heterocycles. The van der Waals surface area contributed by atoms with Crippen LogP contribution in [0.15, 0.2) is 46.6 Å². The third-order valence-corrected chi connectivity index (χ3v) is 10.0. The Kier molecular flexibility index (Phi) is 4.39. The molecule has 4 fully saturated rings. The van der Waals surface area contributed by atoms with Gasteiger partial charge in [0, 0.05) is 16.7 Å². The molecule has 0 unspecified atom stereocenters. The predicted octanol–water partition coefficient (Wildman–Crippen LogP) is 3.42. The Morgan fingerprint density at radius 3 is 2.76 bits per heavy atom. The van der Waals surface area contributed by atoms with Crippen LogP contribution in [0.4, 0.5) is 0 Å². The van der Waals surface area contributed by atoms with Crippen molar-refractivity contribution >= 4 is 17.5 Å². The number of furan rings is 1. The highest BCUT2D eigenvalue weighted by molar-refractivity contribution is 6.01. The molecule has 0 bridgehead atoms. The summed E-state index contributed by atoms with van der Waals surface area (Å²) < 4.78 is 17.9. The number of aliphatic hydroxyl groups is 1. The van der Waals surface area contributed by atoms with Crippen molar-refractivity contribution in [3.63, 3.8) is 0 Å². The number of rotatable bonds is 4. The lowest BCUT2D eigenvalue weighted by Gasteiger charge is -2.56. The number of carbonyl (C=O) groups excluding carboxylic acids is 3. The average Bonchev–Trinajstić information content (AvgIpc) is 3.17. The molecule has 3 saturated carbocycles. The molecule has 5 aliphatic rings. The summed E-state index contributed by atoms with van der Waals surface area (Å²) in [6, 6.07) is 3.12. The van der Waals surface area contributed by atoms with Gasteiger partial charge < -0.3 is 19.0 Å². The van der Waals surface area contributed by atoms with E-state index in [-0.39, 0.29) is 40.8 Å². The van der Waals surface area contributed by atoms with Crippen molar-refractivity contribution < 1.29 is 33.4 Å². The van der Waals surface area contributed by atoms with Crippen molar-refractivity contribution in [1.29, 1.82) is 0 Å². The smallest absolute Gasteiger partial charge is 0.375 e. The van der Waals surface area contributed by atoms with Gasteiger partial charge in [-0.2, -0.15) is 0 Å². The monoisotopic (exact) mass is 466 g/mol. The molecule has 1 saturated heterocycles. The van der Waals surface area contributed by atoms with Crippen LogP contribution < -0.4 is 0 Å². The number of hydrogen-bond acceptors (Lipinski definition) is 7. The maximum Gasteiger partial charge on any atom is 0.375 e. The minimum atomic E-state index is -1.47. The SMILES string of the molecule is C[C@@H]1C[C@H]2[C@@H]3CCC4=CC(=O)C=C[C@]4(C)[C@@]34O[C@H]4C[C@]2(C)[C@@]1(OC(=O)c1ccco1)C(=O)CO. The fourth-order valence-corrected chi connectivity index (χ4v) is 8.54. The van der Waals surface area contributed by atoms with E-state index in [1.807, 2.05) is 19.9 Å². The van der Waals surface area contributed by atoms with Gasteiger partial charge in [-0.3, -0.25) is 9.59 Å². The molecule has 0 radical (unpaired) electrons. The molecular weight excluding hydrogens is 436 g/mol. The highest BCUT2D eigenvalue weighted by atomic mass is 16.6. The van der Waals surface area contributed by atoms with Gasteiger partial charge >= 0.3 is 5.97 Å². The van der Waals surface area contributed by atoms with Crippen LogP contribution in [-0.2, 0) is 19.1 Å². The first-order valence-electron chi connectivity index (χ1n) is 12.2. The number of esters is 1. The van der Waals surface area contributed by atoms with Crippen LogP contribution in [0.2, 0.25) is 0 Å². The van der Waals surface area contributed by atoms with Gasteiger partial charge in [-0.05, 0) is 68.7 Å². The van der Waals surface area contributed by atoms with E-state index < -0.39 is 35.0 Å². The second-order valence-electron chi connectivity index (χ2n) is 11.2. The first-order chi connectivity index (χ1) is 16.1. The minimum absolute atomic E-state index is 0.0204. The number of hydrogen-bond donors (Lipinski definition) is 1. The molecule has 1 aromatic rings. The molecule has 7 heteroatoms. The molecule has 2 heterocycles.